The number of fused-ring (bicyclic) bond motifs is 1. The quantitative estimate of drug-likeness (QED) is 0.880. The highest BCUT2D eigenvalue weighted by Gasteiger charge is 2.22. The summed E-state index contributed by atoms with van der Waals surface area (Å²) < 4.78 is 5.06. The van der Waals surface area contributed by atoms with Gasteiger partial charge in [0.25, 0.3) is 5.91 Å². The Hall–Kier alpha value is -2.89. The summed E-state index contributed by atoms with van der Waals surface area (Å²) >= 11 is 0. The van der Waals surface area contributed by atoms with E-state index in [-0.39, 0.29) is 11.9 Å². The van der Waals surface area contributed by atoms with E-state index in [4.69, 9.17) is 9.84 Å². The predicted octanol–water partition coefficient (Wildman–Crippen LogP) is 2.35. The third-order valence-corrected chi connectivity index (χ3v) is 3.99. The highest BCUT2D eigenvalue weighted by Crippen LogP contribution is 2.28. The lowest BCUT2D eigenvalue weighted by atomic mass is 9.91. The zero-order chi connectivity index (χ0) is 16.9. The second kappa shape index (κ2) is 7.12. The van der Waals surface area contributed by atoms with Gasteiger partial charge in [-0.05, 0) is 55.2 Å². The van der Waals surface area contributed by atoms with Crippen molar-refractivity contribution in [3.63, 3.8) is 0 Å². The molecule has 1 aromatic carbocycles. The highest BCUT2D eigenvalue weighted by molar-refractivity contribution is 5.94. The number of ether oxygens (including phenoxy) is 1. The molecule has 24 heavy (non-hydrogen) atoms. The maximum absolute atomic E-state index is 12.4. The summed E-state index contributed by atoms with van der Waals surface area (Å²) in [6, 6.07) is 10.3. The SMILES string of the molecule is O=C(O)COc1ccc(C(=O)NC2CCCc3ncccc32)cc1. The summed E-state index contributed by atoms with van der Waals surface area (Å²) in [5.41, 5.74) is 2.64. The Morgan fingerprint density at radius 3 is 2.79 bits per heavy atom. The zero-order valence-electron chi connectivity index (χ0n) is 13.1. The molecule has 1 heterocycles. The predicted molar refractivity (Wildman–Crippen MR) is 87.0 cm³/mol. The number of carbonyl (C=O) groups is 2. The summed E-state index contributed by atoms with van der Waals surface area (Å²) in [7, 11) is 0. The summed E-state index contributed by atoms with van der Waals surface area (Å²) in [5.74, 6) is -0.788. The molecule has 124 valence electrons. The fraction of sp³-hybridized carbons (Fsp3) is 0.278. The van der Waals surface area contributed by atoms with E-state index in [1.54, 1.807) is 30.5 Å². The van der Waals surface area contributed by atoms with Crippen molar-refractivity contribution in [2.24, 2.45) is 0 Å². The van der Waals surface area contributed by atoms with Gasteiger partial charge in [-0.15, -0.1) is 0 Å². The van der Waals surface area contributed by atoms with Crippen LogP contribution in [0, 0.1) is 0 Å². The first kappa shape index (κ1) is 16.0. The van der Waals surface area contributed by atoms with Gasteiger partial charge < -0.3 is 15.2 Å². The summed E-state index contributed by atoms with van der Waals surface area (Å²) in [6.07, 6.45) is 4.61. The molecule has 0 radical (unpaired) electrons. The lowest BCUT2D eigenvalue weighted by molar-refractivity contribution is -0.139. The van der Waals surface area contributed by atoms with E-state index in [9.17, 15) is 9.59 Å². The average molecular weight is 326 g/mol. The third-order valence-electron chi connectivity index (χ3n) is 3.99. The number of amides is 1. The number of carboxylic acids is 1. The Morgan fingerprint density at radius 2 is 2.04 bits per heavy atom. The Balaban J connectivity index is 1.66. The molecule has 1 aromatic heterocycles. The maximum Gasteiger partial charge on any atom is 0.341 e. The number of aromatic nitrogens is 1. The van der Waals surface area contributed by atoms with Crippen LogP contribution >= 0.6 is 0 Å². The van der Waals surface area contributed by atoms with E-state index in [1.165, 1.54) is 0 Å². The molecule has 2 aromatic rings. The first-order valence-corrected chi connectivity index (χ1v) is 7.83. The van der Waals surface area contributed by atoms with E-state index >= 15 is 0 Å². The van der Waals surface area contributed by atoms with Crippen molar-refractivity contribution in [3.8, 4) is 5.75 Å². The molecule has 0 aliphatic heterocycles. The first-order chi connectivity index (χ1) is 11.6. The van der Waals surface area contributed by atoms with Crippen LogP contribution in [-0.2, 0) is 11.2 Å². The van der Waals surface area contributed by atoms with Gasteiger partial charge in [0.1, 0.15) is 5.75 Å². The van der Waals surface area contributed by atoms with Crippen LogP contribution in [0.4, 0.5) is 0 Å². The molecule has 1 aliphatic carbocycles. The van der Waals surface area contributed by atoms with E-state index in [0.717, 1.165) is 30.5 Å². The normalized spacial score (nSPS) is 16.1. The lowest BCUT2D eigenvalue weighted by Crippen LogP contribution is -2.31. The standard InChI is InChI=1S/C18H18N2O4/c21-17(22)11-24-13-8-6-12(7-9-13)18(23)20-16-5-1-4-15-14(16)3-2-10-19-15/h2-3,6-10,16H,1,4-5,11H2,(H,20,23)(H,21,22). The van der Waals surface area contributed by atoms with Gasteiger partial charge in [-0.1, -0.05) is 6.07 Å². The number of rotatable bonds is 5. The summed E-state index contributed by atoms with van der Waals surface area (Å²) in [5, 5.41) is 11.6. The smallest absolute Gasteiger partial charge is 0.341 e. The van der Waals surface area contributed by atoms with Crippen molar-refractivity contribution in [2.45, 2.75) is 25.3 Å². The number of benzene rings is 1. The molecule has 1 amide bonds. The molecule has 0 fully saturated rings. The molecular weight excluding hydrogens is 308 g/mol. The van der Waals surface area contributed by atoms with Gasteiger partial charge >= 0.3 is 5.97 Å². The zero-order valence-corrected chi connectivity index (χ0v) is 13.1. The number of carboxylic acid groups (broad SMARTS) is 1. The Kier molecular flexibility index (Phi) is 4.74. The number of pyridine rings is 1. The van der Waals surface area contributed by atoms with Gasteiger partial charge in [0.2, 0.25) is 0 Å². The van der Waals surface area contributed by atoms with Crippen LogP contribution in [-0.4, -0.2) is 28.6 Å². The van der Waals surface area contributed by atoms with Crippen molar-refractivity contribution in [2.75, 3.05) is 6.61 Å². The van der Waals surface area contributed by atoms with Gasteiger partial charge in [-0.25, -0.2) is 4.79 Å². The fourth-order valence-corrected chi connectivity index (χ4v) is 2.84. The molecule has 2 N–H and O–H groups in total. The number of hydrogen-bond donors (Lipinski definition) is 2. The van der Waals surface area contributed by atoms with Crippen molar-refractivity contribution in [3.05, 3.63) is 59.4 Å². The molecular formula is C18H18N2O4. The van der Waals surface area contributed by atoms with Gasteiger partial charge in [0, 0.05) is 17.5 Å². The van der Waals surface area contributed by atoms with Crippen molar-refractivity contribution in [1.29, 1.82) is 0 Å². The van der Waals surface area contributed by atoms with Crippen molar-refractivity contribution < 1.29 is 19.4 Å². The minimum Gasteiger partial charge on any atom is -0.482 e. The van der Waals surface area contributed by atoms with Crippen LogP contribution in [0.3, 0.4) is 0 Å². The Labute approximate surface area is 139 Å². The Bertz CT molecular complexity index is 743. The molecule has 0 spiro atoms. The van der Waals surface area contributed by atoms with Gasteiger partial charge in [0.05, 0.1) is 6.04 Å². The van der Waals surface area contributed by atoms with Crippen LogP contribution in [0.5, 0.6) is 5.75 Å². The molecule has 6 nitrogen and oxygen atoms in total. The average Bonchev–Trinajstić information content (AvgIpc) is 2.60. The number of carbonyl (C=O) groups excluding carboxylic acids is 1. The number of nitrogens with one attached hydrogen (secondary N) is 1. The lowest BCUT2D eigenvalue weighted by Gasteiger charge is -2.25. The number of aliphatic carboxylic acids is 1. The molecule has 6 heteroatoms. The van der Waals surface area contributed by atoms with Crippen molar-refractivity contribution >= 4 is 11.9 Å². The minimum atomic E-state index is -1.04. The summed E-state index contributed by atoms with van der Waals surface area (Å²) in [4.78, 5) is 27.3. The summed E-state index contributed by atoms with van der Waals surface area (Å²) in [6.45, 7) is -0.405. The molecule has 0 bridgehead atoms. The van der Waals surface area contributed by atoms with E-state index in [0.29, 0.717) is 11.3 Å². The largest absolute Gasteiger partial charge is 0.482 e. The van der Waals surface area contributed by atoms with E-state index < -0.39 is 12.6 Å². The minimum absolute atomic E-state index is 0.0297. The topological polar surface area (TPSA) is 88.5 Å². The van der Waals surface area contributed by atoms with E-state index in [2.05, 4.69) is 10.3 Å². The number of hydrogen-bond acceptors (Lipinski definition) is 4. The number of nitrogens with zero attached hydrogens (tertiary/aromatic N) is 1. The second-order valence-corrected chi connectivity index (χ2v) is 5.66. The van der Waals surface area contributed by atoms with Crippen LogP contribution in [0.15, 0.2) is 42.6 Å². The molecule has 1 aliphatic rings. The molecule has 0 saturated carbocycles. The monoisotopic (exact) mass is 326 g/mol. The van der Waals surface area contributed by atoms with Crippen LogP contribution < -0.4 is 10.1 Å². The maximum atomic E-state index is 12.4. The van der Waals surface area contributed by atoms with Gasteiger partial charge in [0.15, 0.2) is 6.61 Å². The van der Waals surface area contributed by atoms with Gasteiger partial charge in [-0.3, -0.25) is 9.78 Å². The van der Waals surface area contributed by atoms with Crippen LogP contribution in [0.2, 0.25) is 0 Å². The van der Waals surface area contributed by atoms with Crippen LogP contribution in [0.25, 0.3) is 0 Å². The third kappa shape index (κ3) is 3.71. The van der Waals surface area contributed by atoms with Crippen molar-refractivity contribution in [1.82, 2.24) is 10.3 Å². The highest BCUT2D eigenvalue weighted by atomic mass is 16.5. The molecule has 1 atom stereocenters. The van der Waals surface area contributed by atoms with Gasteiger partial charge in [-0.2, -0.15) is 0 Å². The fourth-order valence-electron chi connectivity index (χ4n) is 2.84. The molecule has 3 rings (SSSR count). The molecule has 1 unspecified atom stereocenters. The number of aryl methyl sites for hydroxylation is 1. The second-order valence-electron chi connectivity index (χ2n) is 5.66. The first-order valence-electron chi connectivity index (χ1n) is 7.83. The Morgan fingerprint density at radius 1 is 1.25 bits per heavy atom. The van der Waals surface area contributed by atoms with Crippen LogP contribution in [0.1, 0.15) is 40.5 Å². The van der Waals surface area contributed by atoms with E-state index in [1.807, 2.05) is 12.1 Å². The molecule has 0 saturated heterocycles.